The maximum atomic E-state index is 11.5. The van der Waals surface area contributed by atoms with Crippen LogP contribution in [0.5, 0.6) is 5.75 Å². The van der Waals surface area contributed by atoms with Gasteiger partial charge in [-0.3, -0.25) is 4.79 Å². The van der Waals surface area contributed by atoms with Crippen LogP contribution < -0.4 is 15.8 Å². The third-order valence-electron chi connectivity index (χ3n) is 2.55. The van der Waals surface area contributed by atoms with Crippen molar-refractivity contribution < 1.29 is 9.53 Å². The van der Waals surface area contributed by atoms with E-state index in [2.05, 4.69) is 5.32 Å². The highest BCUT2D eigenvalue weighted by Gasteiger charge is 2.08. The second-order valence-corrected chi connectivity index (χ2v) is 5.37. The molecule has 1 unspecified atom stereocenters. The van der Waals surface area contributed by atoms with E-state index >= 15 is 0 Å². The number of carbonyl (C=O) groups excluding carboxylic acids is 1. The van der Waals surface area contributed by atoms with Crippen LogP contribution in [0.1, 0.15) is 32.4 Å². The quantitative estimate of drug-likeness (QED) is 0.844. The molecule has 1 aromatic carbocycles. The summed E-state index contributed by atoms with van der Waals surface area (Å²) in [6.07, 6.45) is 0. The third-order valence-corrected chi connectivity index (χ3v) is 2.84. The van der Waals surface area contributed by atoms with Gasteiger partial charge in [-0.2, -0.15) is 0 Å². The molecule has 0 aliphatic heterocycles. The molecule has 106 valence electrons. The number of hydrogen-bond donors (Lipinski definition) is 2. The van der Waals surface area contributed by atoms with Crippen LogP contribution in [0.25, 0.3) is 0 Å². The highest BCUT2D eigenvalue weighted by molar-refractivity contribution is 6.32. The monoisotopic (exact) mass is 284 g/mol. The number of carbonyl (C=O) groups is 1. The van der Waals surface area contributed by atoms with E-state index < -0.39 is 0 Å². The third kappa shape index (κ3) is 5.49. The standard InChI is InChI=1S/C14H21ClN2O2/c1-9(2)7-17-14(18)8-19-13-5-4-11(10(3)16)6-12(13)15/h4-6,9-10H,7-8,16H2,1-3H3,(H,17,18). The van der Waals surface area contributed by atoms with Crippen molar-refractivity contribution in [3.63, 3.8) is 0 Å². The van der Waals surface area contributed by atoms with Gasteiger partial charge in [0.05, 0.1) is 5.02 Å². The molecule has 3 N–H and O–H groups in total. The predicted octanol–water partition coefficient (Wildman–Crippen LogP) is 2.51. The molecule has 5 heteroatoms. The Morgan fingerprint density at radius 3 is 2.63 bits per heavy atom. The minimum Gasteiger partial charge on any atom is -0.482 e. The highest BCUT2D eigenvalue weighted by atomic mass is 35.5. The van der Waals surface area contributed by atoms with Gasteiger partial charge in [-0.25, -0.2) is 0 Å². The first-order valence-corrected chi connectivity index (χ1v) is 6.72. The lowest BCUT2D eigenvalue weighted by Crippen LogP contribution is -2.31. The van der Waals surface area contributed by atoms with E-state index in [-0.39, 0.29) is 18.6 Å². The van der Waals surface area contributed by atoms with E-state index in [4.69, 9.17) is 22.1 Å². The van der Waals surface area contributed by atoms with E-state index in [1.54, 1.807) is 12.1 Å². The van der Waals surface area contributed by atoms with E-state index in [0.29, 0.717) is 23.2 Å². The van der Waals surface area contributed by atoms with Crippen LogP contribution in [-0.2, 0) is 4.79 Å². The Kier molecular flexibility index (Phi) is 6.12. The largest absolute Gasteiger partial charge is 0.482 e. The molecule has 1 rings (SSSR count). The molecule has 0 aromatic heterocycles. The number of nitrogens with two attached hydrogens (primary N) is 1. The van der Waals surface area contributed by atoms with Crippen molar-refractivity contribution in [2.24, 2.45) is 11.7 Å². The van der Waals surface area contributed by atoms with E-state index in [9.17, 15) is 4.79 Å². The molecule has 1 atom stereocenters. The molecule has 0 aliphatic carbocycles. The Balaban J connectivity index is 2.51. The maximum absolute atomic E-state index is 11.5. The highest BCUT2D eigenvalue weighted by Crippen LogP contribution is 2.27. The topological polar surface area (TPSA) is 64.3 Å². The van der Waals surface area contributed by atoms with Gasteiger partial charge >= 0.3 is 0 Å². The molecule has 4 nitrogen and oxygen atoms in total. The van der Waals surface area contributed by atoms with Crippen LogP contribution in [0, 0.1) is 5.92 Å². The Hall–Kier alpha value is -1.26. The summed E-state index contributed by atoms with van der Waals surface area (Å²) in [5.41, 5.74) is 6.69. The van der Waals surface area contributed by atoms with Crippen molar-refractivity contribution in [1.29, 1.82) is 0 Å². The van der Waals surface area contributed by atoms with Crippen molar-refractivity contribution in [1.82, 2.24) is 5.32 Å². The first-order chi connectivity index (χ1) is 8.90. The maximum Gasteiger partial charge on any atom is 0.257 e. The van der Waals surface area contributed by atoms with Crippen LogP contribution in [0.2, 0.25) is 5.02 Å². The molecule has 1 amide bonds. The number of nitrogens with one attached hydrogen (secondary N) is 1. The van der Waals surface area contributed by atoms with E-state index in [1.807, 2.05) is 26.8 Å². The molecular formula is C14H21ClN2O2. The fourth-order valence-corrected chi connectivity index (χ4v) is 1.67. The predicted molar refractivity (Wildman–Crippen MR) is 77.4 cm³/mol. The molecule has 0 bridgehead atoms. The molecule has 1 aromatic rings. The zero-order chi connectivity index (χ0) is 14.4. The fourth-order valence-electron chi connectivity index (χ4n) is 1.43. The molecular weight excluding hydrogens is 264 g/mol. The normalized spacial score (nSPS) is 12.3. The van der Waals surface area contributed by atoms with Crippen molar-refractivity contribution in [2.45, 2.75) is 26.8 Å². The summed E-state index contributed by atoms with van der Waals surface area (Å²) in [6, 6.07) is 5.25. The van der Waals surface area contributed by atoms with Gasteiger partial charge in [-0.1, -0.05) is 31.5 Å². The second-order valence-electron chi connectivity index (χ2n) is 4.97. The van der Waals surface area contributed by atoms with Crippen molar-refractivity contribution in [3.8, 4) is 5.75 Å². The molecule has 0 heterocycles. The number of amides is 1. The summed E-state index contributed by atoms with van der Waals surface area (Å²) < 4.78 is 5.38. The fraction of sp³-hybridized carbons (Fsp3) is 0.500. The van der Waals surface area contributed by atoms with Gasteiger partial charge in [0.15, 0.2) is 6.61 Å². The summed E-state index contributed by atoms with van der Waals surface area (Å²) in [5.74, 6) is 0.754. The minimum atomic E-state index is -0.152. The average Bonchev–Trinajstić information content (AvgIpc) is 2.34. The van der Waals surface area contributed by atoms with Crippen molar-refractivity contribution in [3.05, 3.63) is 28.8 Å². The molecule has 0 radical (unpaired) electrons. The van der Waals surface area contributed by atoms with E-state index in [0.717, 1.165) is 5.56 Å². The van der Waals surface area contributed by atoms with Gasteiger partial charge in [-0.05, 0) is 30.5 Å². The second kappa shape index (κ2) is 7.36. The molecule has 0 saturated carbocycles. The molecule has 0 fully saturated rings. The zero-order valence-electron chi connectivity index (χ0n) is 11.6. The summed E-state index contributed by atoms with van der Waals surface area (Å²) in [6.45, 7) is 6.55. The minimum absolute atomic E-state index is 0.0377. The number of benzene rings is 1. The average molecular weight is 285 g/mol. The first kappa shape index (κ1) is 15.8. The SMILES string of the molecule is CC(C)CNC(=O)COc1ccc(C(C)N)cc1Cl. The zero-order valence-corrected chi connectivity index (χ0v) is 12.3. The van der Waals surface area contributed by atoms with Crippen molar-refractivity contribution in [2.75, 3.05) is 13.2 Å². The lowest BCUT2D eigenvalue weighted by Gasteiger charge is -2.12. The lowest BCUT2D eigenvalue weighted by atomic mass is 10.1. The van der Waals surface area contributed by atoms with Crippen LogP contribution in [-0.4, -0.2) is 19.1 Å². The summed E-state index contributed by atoms with van der Waals surface area (Å²) >= 11 is 6.07. The summed E-state index contributed by atoms with van der Waals surface area (Å²) in [7, 11) is 0. The first-order valence-electron chi connectivity index (χ1n) is 6.34. The van der Waals surface area contributed by atoms with Crippen LogP contribution in [0.15, 0.2) is 18.2 Å². The Bertz CT molecular complexity index is 433. The van der Waals surface area contributed by atoms with Gasteiger partial charge in [0.1, 0.15) is 5.75 Å². The lowest BCUT2D eigenvalue weighted by molar-refractivity contribution is -0.123. The number of hydrogen-bond acceptors (Lipinski definition) is 3. The van der Waals surface area contributed by atoms with Crippen LogP contribution in [0.4, 0.5) is 0 Å². The molecule has 0 spiro atoms. The van der Waals surface area contributed by atoms with Gasteiger partial charge in [0, 0.05) is 12.6 Å². The summed E-state index contributed by atoms with van der Waals surface area (Å²) in [4.78, 5) is 11.5. The number of ether oxygens (including phenoxy) is 1. The van der Waals surface area contributed by atoms with Gasteiger partial charge < -0.3 is 15.8 Å². The Morgan fingerprint density at radius 1 is 1.42 bits per heavy atom. The molecule has 19 heavy (non-hydrogen) atoms. The van der Waals surface area contributed by atoms with Gasteiger partial charge in [0.25, 0.3) is 5.91 Å². The summed E-state index contributed by atoms with van der Waals surface area (Å²) in [5, 5.41) is 3.24. The smallest absolute Gasteiger partial charge is 0.257 e. The molecule has 0 saturated heterocycles. The van der Waals surface area contributed by atoms with E-state index in [1.165, 1.54) is 0 Å². The van der Waals surface area contributed by atoms with Crippen molar-refractivity contribution >= 4 is 17.5 Å². The molecule has 0 aliphatic rings. The Labute approximate surface area is 119 Å². The van der Waals surface area contributed by atoms with Crippen LogP contribution >= 0.6 is 11.6 Å². The van der Waals surface area contributed by atoms with Gasteiger partial charge in [-0.15, -0.1) is 0 Å². The van der Waals surface area contributed by atoms with Crippen LogP contribution in [0.3, 0.4) is 0 Å². The number of rotatable bonds is 6. The van der Waals surface area contributed by atoms with Gasteiger partial charge in [0.2, 0.25) is 0 Å². The Morgan fingerprint density at radius 2 is 2.11 bits per heavy atom. The number of halogens is 1.